The van der Waals surface area contributed by atoms with Gasteiger partial charge in [0, 0.05) is 23.8 Å². The Hall–Kier alpha value is -5.07. The molecule has 6 aromatic rings. The van der Waals surface area contributed by atoms with E-state index in [2.05, 4.69) is 144 Å². The van der Waals surface area contributed by atoms with Crippen molar-refractivity contribution < 1.29 is 0 Å². The van der Waals surface area contributed by atoms with Gasteiger partial charge < -0.3 is 9.47 Å². The standard InChI is InChI=1S/C35H25N3/c1-37-34(26-14-6-3-7-15-26)24-31(25-12-4-2-5-13-25)36-35(37)27-20-22-28(23-21-27)38-32-18-10-8-16-29(32)30-17-9-11-19-33(30)38/h2-8,10-16,18-24,35H,1H3. The zero-order valence-electron chi connectivity index (χ0n) is 21.0. The van der Waals surface area contributed by atoms with Gasteiger partial charge in [-0.1, -0.05) is 103 Å². The van der Waals surface area contributed by atoms with Crippen LogP contribution in [0.4, 0.5) is 0 Å². The number of para-hydroxylation sites is 1. The van der Waals surface area contributed by atoms with Crippen LogP contribution in [0.2, 0.25) is 0 Å². The maximum absolute atomic E-state index is 5.22. The Balaban J connectivity index is 1.33. The molecule has 1 aliphatic heterocycles. The minimum absolute atomic E-state index is 0.138. The summed E-state index contributed by atoms with van der Waals surface area (Å²) in [7, 11) is 2.13. The molecule has 1 unspecified atom stereocenters. The van der Waals surface area contributed by atoms with E-state index in [-0.39, 0.29) is 6.17 Å². The van der Waals surface area contributed by atoms with E-state index in [1.807, 2.05) is 12.1 Å². The molecule has 0 radical (unpaired) electrons. The molecule has 5 aromatic carbocycles. The number of hydrogen-bond acceptors (Lipinski definition) is 2. The Morgan fingerprint density at radius 3 is 2.13 bits per heavy atom. The maximum Gasteiger partial charge on any atom is 0.147 e. The minimum atomic E-state index is -0.138. The molecule has 3 heteroatoms. The van der Waals surface area contributed by atoms with Crippen molar-refractivity contribution in [2.45, 2.75) is 6.17 Å². The summed E-state index contributed by atoms with van der Waals surface area (Å²) in [4.78, 5) is 7.49. The molecular weight excluding hydrogens is 462 g/mol. The molecule has 0 aliphatic carbocycles. The second kappa shape index (κ2) is 9.10. The molecule has 1 atom stereocenters. The Bertz CT molecular complexity index is 1760. The van der Waals surface area contributed by atoms with Gasteiger partial charge in [-0.05, 0) is 53.1 Å². The van der Waals surface area contributed by atoms with Crippen molar-refractivity contribution in [2.24, 2.45) is 4.99 Å². The van der Waals surface area contributed by atoms with Gasteiger partial charge in [-0.2, -0.15) is 0 Å². The fraction of sp³-hybridized carbons (Fsp3) is 0.0571. The summed E-state index contributed by atoms with van der Waals surface area (Å²) in [6.07, 6.45) is 2.06. The van der Waals surface area contributed by atoms with Gasteiger partial charge in [-0.3, -0.25) is 4.99 Å². The van der Waals surface area contributed by atoms with Crippen LogP contribution >= 0.6 is 0 Å². The summed E-state index contributed by atoms with van der Waals surface area (Å²) in [5, 5.41) is 2.28. The van der Waals surface area contributed by atoms with Gasteiger partial charge in [-0.25, -0.2) is 0 Å². The Kier molecular flexibility index (Phi) is 5.31. The van der Waals surface area contributed by atoms with Crippen molar-refractivity contribution in [3.05, 3.63) is 156 Å². The lowest BCUT2D eigenvalue weighted by molar-refractivity contribution is 0.364. The quantitative estimate of drug-likeness (QED) is 0.248. The van der Waals surface area contributed by atoms with Crippen molar-refractivity contribution in [2.75, 3.05) is 7.05 Å². The average molecular weight is 488 g/mol. The lowest BCUT2D eigenvalue weighted by atomic mass is 10.0. The van der Waals surface area contributed by atoms with Gasteiger partial charge >= 0.3 is 0 Å². The molecule has 0 N–H and O–H groups in total. The average Bonchev–Trinajstić information content (AvgIpc) is 3.33. The number of allylic oxidation sites excluding steroid dienone is 1. The summed E-state index contributed by atoms with van der Waals surface area (Å²) in [5.41, 5.74) is 9.00. The molecular formula is C35H25N3. The SMILES string of the molecule is CN1C(c2ccccc2)=CC(c2ccccc2)=NC1c1ccc(-n2c3ccc#cc3c3ccccc32)cc1. The van der Waals surface area contributed by atoms with Gasteiger partial charge in [0.2, 0.25) is 0 Å². The van der Waals surface area contributed by atoms with Gasteiger partial charge in [0.15, 0.2) is 0 Å². The van der Waals surface area contributed by atoms with Crippen molar-refractivity contribution in [1.82, 2.24) is 9.47 Å². The van der Waals surface area contributed by atoms with E-state index in [1.54, 1.807) is 0 Å². The van der Waals surface area contributed by atoms with Crippen LogP contribution in [0.3, 0.4) is 0 Å². The lowest BCUT2D eigenvalue weighted by Gasteiger charge is -2.34. The predicted octanol–water partition coefficient (Wildman–Crippen LogP) is 7.86. The molecule has 0 saturated carbocycles. The fourth-order valence-electron chi connectivity index (χ4n) is 5.44. The van der Waals surface area contributed by atoms with E-state index in [1.165, 1.54) is 16.5 Å². The van der Waals surface area contributed by atoms with E-state index in [4.69, 9.17) is 4.99 Å². The molecule has 0 saturated heterocycles. The van der Waals surface area contributed by atoms with E-state index >= 15 is 0 Å². The summed E-state index contributed by atoms with van der Waals surface area (Å²) in [6, 6.07) is 48.7. The molecule has 1 aromatic heterocycles. The molecule has 0 spiro atoms. The first-order valence-corrected chi connectivity index (χ1v) is 12.8. The summed E-state index contributed by atoms with van der Waals surface area (Å²) in [5.74, 6) is 0. The third kappa shape index (κ3) is 3.67. The number of nitrogens with zero attached hydrogens (tertiary/aromatic N) is 3. The Morgan fingerprint density at radius 2 is 1.37 bits per heavy atom. The van der Waals surface area contributed by atoms with Crippen LogP contribution in [-0.4, -0.2) is 22.2 Å². The molecule has 0 fully saturated rings. The highest BCUT2D eigenvalue weighted by Gasteiger charge is 2.25. The molecule has 38 heavy (non-hydrogen) atoms. The van der Waals surface area contributed by atoms with Crippen LogP contribution < -0.4 is 0 Å². The lowest BCUT2D eigenvalue weighted by Crippen LogP contribution is -2.27. The summed E-state index contributed by atoms with van der Waals surface area (Å²) < 4.78 is 2.30. The van der Waals surface area contributed by atoms with Crippen LogP contribution in [0, 0.1) is 12.1 Å². The third-order valence-corrected chi connectivity index (χ3v) is 7.30. The van der Waals surface area contributed by atoms with Crippen LogP contribution in [0.5, 0.6) is 0 Å². The number of rotatable bonds is 4. The van der Waals surface area contributed by atoms with E-state index in [0.717, 1.165) is 39.1 Å². The van der Waals surface area contributed by atoms with Crippen LogP contribution in [0.25, 0.3) is 33.2 Å². The highest BCUT2D eigenvalue weighted by Crippen LogP contribution is 2.36. The molecule has 1 aliphatic rings. The minimum Gasteiger partial charge on any atom is -0.349 e. The third-order valence-electron chi connectivity index (χ3n) is 7.30. The van der Waals surface area contributed by atoms with E-state index in [9.17, 15) is 0 Å². The van der Waals surface area contributed by atoms with Crippen LogP contribution in [0.15, 0.2) is 132 Å². The number of fused-ring (bicyclic) bond motifs is 3. The monoisotopic (exact) mass is 487 g/mol. The zero-order valence-corrected chi connectivity index (χ0v) is 21.0. The van der Waals surface area contributed by atoms with Crippen LogP contribution in [0.1, 0.15) is 22.9 Å². The number of aromatic nitrogens is 1. The van der Waals surface area contributed by atoms with Crippen LogP contribution in [-0.2, 0) is 0 Å². The first kappa shape index (κ1) is 22.2. The smallest absolute Gasteiger partial charge is 0.147 e. The van der Waals surface area contributed by atoms with Crippen molar-refractivity contribution in [3.8, 4) is 5.69 Å². The number of benzene rings is 4. The molecule has 0 bridgehead atoms. The van der Waals surface area contributed by atoms with E-state index < -0.39 is 0 Å². The number of hydrogen-bond donors (Lipinski definition) is 0. The summed E-state index contributed by atoms with van der Waals surface area (Å²) in [6.45, 7) is 0. The Labute approximate surface area is 222 Å². The largest absolute Gasteiger partial charge is 0.349 e. The first-order valence-electron chi connectivity index (χ1n) is 12.8. The topological polar surface area (TPSA) is 20.5 Å². The molecule has 0 amide bonds. The second-order valence-electron chi connectivity index (χ2n) is 9.57. The molecule has 3 nitrogen and oxygen atoms in total. The van der Waals surface area contributed by atoms with Crippen molar-refractivity contribution >= 4 is 33.2 Å². The first-order chi connectivity index (χ1) is 18.8. The van der Waals surface area contributed by atoms with Gasteiger partial charge in [0.1, 0.15) is 6.17 Å². The van der Waals surface area contributed by atoms with E-state index in [0.29, 0.717) is 0 Å². The van der Waals surface area contributed by atoms with Crippen molar-refractivity contribution in [3.63, 3.8) is 0 Å². The zero-order chi connectivity index (χ0) is 25.5. The predicted molar refractivity (Wildman–Crippen MR) is 156 cm³/mol. The number of aliphatic imine (C=N–C) groups is 1. The fourth-order valence-corrected chi connectivity index (χ4v) is 5.44. The van der Waals surface area contributed by atoms with Crippen molar-refractivity contribution in [1.29, 1.82) is 0 Å². The second-order valence-corrected chi connectivity index (χ2v) is 9.57. The van der Waals surface area contributed by atoms with Gasteiger partial charge in [0.25, 0.3) is 0 Å². The molecule has 7 rings (SSSR count). The molecule has 180 valence electrons. The maximum atomic E-state index is 5.22. The van der Waals surface area contributed by atoms with Gasteiger partial charge in [0.05, 0.1) is 22.1 Å². The normalized spacial score (nSPS) is 15.3. The highest BCUT2D eigenvalue weighted by atomic mass is 15.2. The Morgan fingerprint density at radius 1 is 0.684 bits per heavy atom. The molecule has 2 heterocycles. The van der Waals surface area contributed by atoms with Gasteiger partial charge in [-0.15, -0.1) is 0 Å². The summed E-state index contributed by atoms with van der Waals surface area (Å²) >= 11 is 0. The highest BCUT2D eigenvalue weighted by molar-refractivity contribution is 6.13.